The van der Waals surface area contributed by atoms with Gasteiger partial charge in [0.25, 0.3) is 6.43 Å². The van der Waals surface area contributed by atoms with Gasteiger partial charge in [-0.05, 0) is 44.2 Å². The fraction of sp³-hybridized carbons (Fsp3) is 0.174. The summed E-state index contributed by atoms with van der Waals surface area (Å²) in [6, 6.07) is 6.67. The van der Waals surface area contributed by atoms with Gasteiger partial charge in [-0.15, -0.1) is 0 Å². The highest BCUT2D eigenvalue weighted by molar-refractivity contribution is 6.31. The number of carbonyl (C=O) groups excluding carboxylic acids is 1. The maximum Gasteiger partial charge on any atom is 0.339 e. The van der Waals surface area contributed by atoms with Crippen LogP contribution < -0.4 is 5.32 Å². The number of ether oxygens (including phenoxy) is 1. The minimum atomic E-state index is -2.84. The number of nitrogens with zero attached hydrogens (tertiary/aromatic N) is 5. The van der Waals surface area contributed by atoms with Crippen molar-refractivity contribution >= 4 is 29.2 Å². The number of hydrogen-bond acceptors (Lipinski definition) is 7. The second-order valence-corrected chi connectivity index (χ2v) is 7.70. The summed E-state index contributed by atoms with van der Waals surface area (Å²) in [5, 5.41) is 6.94. The fourth-order valence-corrected chi connectivity index (χ4v) is 3.44. The van der Waals surface area contributed by atoms with E-state index in [-0.39, 0.29) is 40.2 Å². The largest absolute Gasteiger partial charge is 0.462 e. The van der Waals surface area contributed by atoms with Crippen LogP contribution in [-0.2, 0) is 4.74 Å². The number of carbonyl (C=O) groups is 1. The Morgan fingerprint density at radius 2 is 2.00 bits per heavy atom. The molecule has 35 heavy (non-hydrogen) atoms. The number of aromatic nitrogens is 5. The first-order valence-electron chi connectivity index (χ1n) is 10.3. The van der Waals surface area contributed by atoms with Crippen molar-refractivity contribution in [3.05, 3.63) is 76.7 Å². The second-order valence-electron chi connectivity index (χ2n) is 7.29. The molecule has 0 unspecified atom stereocenters. The van der Waals surface area contributed by atoms with Gasteiger partial charge < -0.3 is 10.1 Å². The highest BCUT2D eigenvalue weighted by Gasteiger charge is 2.22. The molecular formula is C23H18ClF3N6O2. The Balaban J connectivity index is 1.85. The molecule has 1 N–H and O–H groups in total. The van der Waals surface area contributed by atoms with Crippen LogP contribution in [0.2, 0.25) is 5.02 Å². The van der Waals surface area contributed by atoms with Crippen LogP contribution in [0.4, 0.5) is 24.8 Å². The van der Waals surface area contributed by atoms with Crippen LogP contribution in [0.25, 0.3) is 16.9 Å². The summed E-state index contributed by atoms with van der Waals surface area (Å²) in [5.74, 6) is -1.15. The van der Waals surface area contributed by atoms with Crippen molar-refractivity contribution in [2.75, 3.05) is 11.9 Å². The summed E-state index contributed by atoms with van der Waals surface area (Å²) in [4.78, 5) is 24.9. The van der Waals surface area contributed by atoms with Gasteiger partial charge in [0, 0.05) is 35.4 Å². The number of anilines is 2. The molecule has 4 aromatic rings. The molecule has 12 heteroatoms. The van der Waals surface area contributed by atoms with Crippen LogP contribution in [0, 0.1) is 12.7 Å². The number of hydrogen-bond donors (Lipinski definition) is 1. The van der Waals surface area contributed by atoms with Gasteiger partial charge in [0.1, 0.15) is 11.5 Å². The molecule has 0 amide bonds. The molecule has 3 aromatic heterocycles. The zero-order valence-corrected chi connectivity index (χ0v) is 19.2. The quantitative estimate of drug-likeness (QED) is 0.325. The third-order valence-electron chi connectivity index (χ3n) is 4.79. The van der Waals surface area contributed by atoms with Crippen LogP contribution in [0.15, 0.2) is 48.9 Å². The molecule has 0 aliphatic rings. The molecule has 0 aliphatic heterocycles. The van der Waals surface area contributed by atoms with Gasteiger partial charge >= 0.3 is 5.97 Å². The van der Waals surface area contributed by atoms with Gasteiger partial charge in [-0.1, -0.05) is 11.6 Å². The Labute approximate surface area is 202 Å². The number of benzene rings is 1. The average Bonchev–Trinajstić information content (AvgIpc) is 3.23. The van der Waals surface area contributed by atoms with E-state index in [1.807, 2.05) is 0 Å². The van der Waals surface area contributed by atoms with Crippen LogP contribution in [0.3, 0.4) is 0 Å². The molecule has 1 aromatic carbocycles. The zero-order valence-electron chi connectivity index (χ0n) is 18.5. The van der Waals surface area contributed by atoms with Gasteiger partial charge in [0.05, 0.1) is 22.9 Å². The summed E-state index contributed by atoms with van der Waals surface area (Å²) < 4.78 is 47.1. The maximum absolute atomic E-state index is 13.8. The zero-order chi connectivity index (χ0) is 25.1. The molecule has 0 fully saturated rings. The predicted molar refractivity (Wildman–Crippen MR) is 123 cm³/mol. The monoisotopic (exact) mass is 502 g/mol. The van der Waals surface area contributed by atoms with E-state index in [9.17, 15) is 18.0 Å². The summed E-state index contributed by atoms with van der Waals surface area (Å²) in [6.45, 7) is 3.43. The third-order valence-corrected chi connectivity index (χ3v) is 5.08. The number of alkyl halides is 2. The molecule has 0 saturated heterocycles. The lowest BCUT2D eigenvalue weighted by molar-refractivity contribution is 0.0526. The van der Waals surface area contributed by atoms with Gasteiger partial charge in [0.15, 0.2) is 5.82 Å². The molecule has 0 aliphatic carbocycles. The van der Waals surface area contributed by atoms with E-state index in [2.05, 4.69) is 25.4 Å². The molecule has 0 saturated carbocycles. The third kappa shape index (κ3) is 5.24. The highest BCUT2D eigenvalue weighted by atomic mass is 35.5. The van der Waals surface area contributed by atoms with E-state index >= 15 is 0 Å². The van der Waals surface area contributed by atoms with Gasteiger partial charge in [-0.25, -0.2) is 27.6 Å². The Morgan fingerprint density at radius 3 is 2.71 bits per heavy atom. The number of halogens is 4. The van der Waals surface area contributed by atoms with Crippen LogP contribution >= 0.6 is 11.6 Å². The van der Waals surface area contributed by atoms with E-state index in [1.165, 1.54) is 42.9 Å². The normalized spacial score (nSPS) is 11.1. The fourth-order valence-electron chi connectivity index (χ4n) is 3.26. The van der Waals surface area contributed by atoms with Crippen molar-refractivity contribution < 1.29 is 22.7 Å². The lowest BCUT2D eigenvalue weighted by atomic mass is 10.1. The van der Waals surface area contributed by atoms with Gasteiger partial charge in [0.2, 0.25) is 5.95 Å². The summed E-state index contributed by atoms with van der Waals surface area (Å²) >= 11 is 5.84. The molecule has 0 bridgehead atoms. The first-order valence-corrected chi connectivity index (χ1v) is 10.7. The number of aryl methyl sites for hydroxylation is 1. The molecule has 4 rings (SSSR count). The van der Waals surface area contributed by atoms with Crippen molar-refractivity contribution in [1.82, 2.24) is 24.7 Å². The van der Waals surface area contributed by atoms with E-state index < -0.39 is 18.2 Å². The number of nitrogens with one attached hydrogen (secondary N) is 1. The smallest absolute Gasteiger partial charge is 0.339 e. The molecule has 0 radical (unpaired) electrons. The van der Waals surface area contributed by atoms with E-state index in [4.69, 9.17) is 16.3 Å². The van der Waals surface area contributed by atoms with Crippen molar-refractivity contribution in [2.24, 2.45) is 0 Å². The van der Waals surface area contributed by atoms with Crippen molar-refractivity contribution in [3.8, 4) is 16.9 Å². The molecule has 8 nitrogen and oxygen atoms in total. The Hall–Kier alpha value is -3.99. The van der Waals surface area contributed by atoms with Gasteiger partial charge in [-0.2, -0.15) is 10.1 Å². The average molecular weight is 503 g/mol. The maximum atomic E-state index is 13.8. The first kappa shape index (κ1) is 24.1. The molecule has 3 heterocycles. The summed E-state index contributed by atoms with van der Waals surface area (Å²) in [7, 11) is 0. The van der Waals surface area contributed by atoms with E-state index in [0.717, 1.165) is 10.7 Å². The second kappa shape index (κ2) is 10.1. The van der Waals surface area contributed by atoms with E-state index in [0.29, 0.717) is 16.9 Å². The van der Waals surface area contributed by atoms with E-state index in [1.54, 1.807) is 13.8 Å². The first-order chi connectivity index (χ1) is 16.8. The number of rotatable bonds is 7. The SMILES string of the molecule is CCOC(=O)c1cncc(-c2cnc(Nc3ccc(F)c(Cl)c3)nc2-n2nc(C)cc2C(F)F)c1. The van der Waals surface area contributed by atoms with Crippen LogP contribution in [0.1, 0.15) is 35.1 Å². The Bertz CT molecular complexity index is 1400. The number of pyridine rings is 1. The standard InChI is InChI=1S/C23H18ClF3N6O2/c1-3-35-22(34)14-7-13(9-28-10-14)16-11-29-23(30-15-4-5-18(25)17(24)8-15)31-21(16)33-19(20(26)27)6-12(2)32-33/h4-11,20H,3H2,1-2H3,(H,29,30,31). The number of esters is 1. The van der Waals surface area contributed by atoms with Crippen molar-refractivity contribution in [2.45, 2.75) is 20.3 Å². The molecule has 180 valence electrons. The Morgan fingerprint density at radius 1 is 1.20 bits per heavy atom. The van der Waals surface area contributed by atoms with Crippen LogP contribution in [0.5, 0.6) is 0 Å². The highest BCUT2D eigenvalue weighted by Crippen LogP contribution is 2.31. The predicted octanol–water partition coefficient (Wildman–Crippen LogP) is 5.68. The lowest BCUT2D eigenvalue weighted by Gasteiger charge is -2.14. The van der Waals surface area contributed by atoms with Gasteiger partial charge in [-0.3, -0.25) is 4.98 Å². The van der Waals surface area contributed by atoms with Crippen molar-refractivity contribution in [1.29, 1.82) is 0 Å². The summed E-state index contributed by atoms with van der Waals surface area (Å²) in [5.41, 5.74) is 1.19. The van der Waals surface area contributed by atoms with Crippen molar-refractivity contribution in [3.63, 3.8) is 0 Å². The Kier molecular flexibility index (Phi) is 6.97. The topological polar surface area (TPSA) is 94.8 Å². The molecular weight excluding hydrogens is 485 g/mol. The molecule has 0 spiro atoms. The lowest BCUT2D eigenvalue weighted by Crippen LogP contribution is -2.10. The summed E-state index contributed by atoms with van der Waals surface area (Å²) in [6.07, 6.45) is 1.32. The van der Waals surface area contributed by atoms with Crippen LogP contribution in [-0.4, -0.2) is 37.3 Å². The molecule has 0 atom stereocenters. The minimum Gasteiger partial charge on any atom is -0.462 e. The minimum absolute atomic E-state index is 0.0157.